The quantitative estimate of drug-likeness (QED) is 0.846. The highest BCUT2D eigenvalue weighted by Gasteiger charge is 2.53. The molecule has 1 atom stereocenters. The summed E-state index contributed by atoms with van der Waals surface area (Å²) >= 11 is 0. The molecule has 0 spiro atoms. The molecule has 0 saturated heterocycles. The van der Waals surface area contributed by atoms with Crippen LogP contribution < -0.4 is 5.32 Å². The number of carbonyl (C=O) groups is 1. The zero-order chi connectivity index (χ0) is 15.3. The highest BCUT2D eigenvalue weighted by atomic mass is 32.2. The van der Waals surface area contributed by atoms with Gasteiger partial charge in [-0.15, -0.1) is 0 Å². The summed E-state index contributed by atoms with van der Waals surface area (Å²) in [7, 11) is -3.23. The average molecular weight is 313 g/mol. The third-order valence-corrected chi connectivity index (χ3v) is 7.75. The number of hydrogen-bond acceptors (Lipinski definition) is 3. The summed E-state index contributed by atoms with van der Waals surface area (Å²) in [4.78, 5) is 12.0. The van der Waals surface area contributed by atoms with Crippen LogP contribution >= 0.6 is 0 Å². The standard InChI is InChI=1S/C16H27NO3S/c1-3-21(19,20)10-15(18)17-11(2)16-7-12-4-13(8-16)6-14(5-12)9-16/h11-14H,3-10H2,1-2H3,(H,17,18). The topological polar surface area (TPSA) is 63.2 Å². The lowest BCUT2D eigenvalue weighted by Crippen LogP contribution is -2.56. The first kappa shape index (κ1) is 15.3. The van der Waals surface area contributed by atoms with Crippen LogP contribution in [0, 0.1) is 23.2 Å². The highest BCUT2D eigenvalue weighted by molar-refractivity contribution is 7.92. The van der Waals surface area contributed by atoms with Crippen LogP contribution in [0.1, 0.15) is 52.4 Å². The maximum atomic E-state index is 12.0. The van der Waals surface area contributed by atoms with E-state index in [9.17, 15) is 13.2 Å². The van der Waals surface area contributed by atoms with E-state index >= 15 is 0 Å². The van der Waals surface area contributed by atoms with Gasteiger partial charge in [0.1, 0.15) is 5.75 Å². The maximum absolute atomic E-state index is 12.0. The molecule has 0 aromatic heterocycles. The predicted molar refractivity (Wildman–Crippen MR) is 82.5 cm³/mol. The van der Waals surface area contributed by atoms with Crippen LogP contribution in [0.5, 0.6) is 0 Å². The van der Waals surface area contributed by atoms with Gasteiger partial charge in [0, 0.05) is 11.8 Å². The van der Waals surface area contributed by atoms with Crippen molar-refractivity contribution in [2.24, 2.45) is 23.2 Å². The van der Waals surface area contributed by atoms with Gasteiger partial charge in [-0.25, -0.2) is 8.42 Å². The monoisotopic (exact) mass is 313 g/mol. The van der Waals surface area contributed by atoms with Crippen molar-refractivity contribution >= 4 is 15.7 Å². The Morgan fingerprint density at radius 3 is 2.05 bits per heavy atom. The molecule has 4 aliphatic carbocycles. The van der Waals surface area contributed by atoms with Gasteiger partial charge in [-0.1, -0.05) is 6.92 Å². The van der Waals surface area contributed by atoms with Crippen molar-refractivity contribution in [1.29, 1.82) is 0 Å². The van der Waals surface area contributed by atoms with Gasteiger partial charge in [0.25, 0.3) is 0 Å². The molecule has 0 aromatic carbocycles. The fraction of sp³-hybridized carbons (Fsp3) is 0.938. The largest absolute Gasteiger partial charge is 0.352 e. The van der Waals surface area contributed by atoms with Crippen molar-refractivity contribution in [3.63, 3.8) is 0 Å². The Morgan fingerprint density at radius 2 is 1.62 bits per heavy atom. The molecule has 4 nitrogen and oxygen atoms in total. The fourth-order valence-corrected chi connectivity index (χ4v) is 6.13. The van der Waals surface area contributed by atoms with E-state index in [-0.39, 0.29) is 28.9 Å². The van der Waals surface area contributed by atoms with Crippen molar-refractivity contribution < 1.29 is 13.2 Å². The summed E-state index contributed by atoms with van der Waals surface area (Å²) in [5, 5.41) is 3.01. The molecule has 0 radical (unpaired) electrons. The minimum Gasteiger partial charge on any atom is -0.352 e. The summed E-state index contributed by atoms with van der Waals surface area (Å²) in [6.07, 6.45) is 7.81. The Kier molecular flexibility index (Phi) is 3.83. The van der Waals surface area contributed by atoms with Crippen LogP contribution in [-0.2, 0) is 14.6 Å². The number of sulfone groups is 1. The van der Waals surface area contributed by atoms with E-state index in [1.54, 1.807) is 6.92 Å². The Hall–Kier alpha value is -0.580. The molecule has 4 fully saturated rings. The van der Waals surface area contributed by atoms with Gasteiger partial charge in [0.15, 0.2) is 9.84 Å². The van der Waals surface area contributed by atoms with Crippen molar-refractivity contribution in [2.75, 3.05) is 11.5 Å². The number of amides is 1. The molecule has 4 bridgehead atoms. The Labute approximate surface area is 128 Å². The lowest BCUT2D eigenvalue weighted by molar-refractivity contribution is -0.123. The molecule has 4 rings (SSSR count). The summed E-state index contributed by atoms with van der Waals surface area (Å²) in [6.45, 7) is 3.68. The van der Waals surface area contributed by atoms with Gasteiger partial charge in [-0.2, -0.15) is 0 Å². The van der Waals surface area contributed by atoms with Gasteiger partial charge in [-0.05, 0) is 68.6 Å². The predicted octanol–water partition coefficient (Wildman–Crippen LogP) is 2.14. The van der Waals surface area contributed by atoms with Crippen molar-refractivity contribution in [2.45, 2.75) is 58.4 Å². The molecule has 120 valence electrons. The summed E-state index contributed by atoms with van der Waals surface area (Å²) in [5.74, 6) is 1.88. The Balaban J connectivity index is 1.65. The Bertz CT molecular complexity index is 490. The van der Waals surface area contributed by atoms with Gasteiger partial charge in [0.05, 0.1) is 0 Å². The number of hydrogen-bond donors (Lipinski definition) is 1. The molecular formula is C16H27NO3S. The Morgan fingerprint density at radius 1 is 1.14 bits per heavy atom. The number of carbonyl (C=O) groups excluding carboxylic acids is 1. The van der Waals surface area contributed by atoms with Crippen molar-refractivity contribution in [3.8, 4) is 0 Å². The molecule has 0 aromatic rings. The first-order valence-electron chi connectivity index (χ1n) is 8.32. The SMILES string of the molecule is CCS(=O)(=O)CC(=O)NC(C)C12CC3CC(CC(C3)C1)C2. The molecule has 0 heterocycles. The fourth-order valence-electron chi connectivity index (χ4n) is 5.45. The lowest BCUT2D eigenvalue weighted by atomic mass is 9.48. The molecule has 21 heavy (non-hydrogen) atoms. The minimum atomic E-state index is -3.23. The molecule has 1 amide bonds. The van der Waals surface area contributed by atoms with Crippen molar-refractivity contribution in [3.05, 3.63) is 0 Å². The van der Waals surface area contributed by atoms with E-state index in [0.717, 1.165) is 17.8 Å². The van der Waals surface area contributed by atoms with E-state index in [0.29, 0.717) is 0 Å². The third kappa shape index (κ3) is 2.99. The summed E-state index contributed by atoms with van der Waals surface area (Å²) in [5.41, 5.74) is 0.236. The number of nitrogens with one attached hydrogen (secondary N) is 1. The molecule has 1 N–H and O–H groups in total. The van der Waals surface area contributed by atoms with E-state index < -0.39 is 9.84 Å². The summed E-state index contributed by atoms with van der Waals surface area (Å²) in [6, 6.07) is 0.102. The zero-order valence-electron chi connectivity index (χ0n) is 13.1. The summed E-state index contributed by atoms with van der Waals surface area (Å²) < 4.78 is 23.2. The van der Waals surface area contributed by atoms with Crippen LogP contribution in [-0.4, -0.2) is 31.9 Å². The highest BCUT2D eigenvalue weighted by Crippen LogP contribution is 2.61. The van der Waals surface area contributed by atoms with Crippen LogP contribution in [0.2, 0.25) is 0 Å². The smallest absolute Gasteiger partial charge is 0.235 e. The third-order valence-electron chi connectivity index (χ3n) is 6.17. The van der Waals surface area contributed by atoms with E-state index in [2.05, 4.69) is 12.2 Å². The second kappa shape index (κ2) is 5.25. The van der Waals surface area contributed by atoms with E-state index in [4.69, 9.17) is 0 Å². The van der Waals surface area contributed by atoms with E-state index in [1.165, 1.54) is 38.5 Å². The molecule has 4 aliphatic rings. The molecular weight excluding hydrogens is 286 g/mol. The molecule has 4 saturated carbocycles. The second-order valence-corrected chi connectivity index (χ2v) is 10.1. The average Bonchev–Trinajstić information content (AvgIpc) is 2.36. The van der Waals surface area contributed by atoms with Crippen LogP contribution in [0.3, 0.4) is 0 Å². The zero-order valence-corrected chi connectivity index (χ0v) is 13.9. The lowest BCUT2D eigenvalue weighted by Gasteiger charge is -2.59. The first-order chi connectivity index (χ1) is 9.82. The van der Waals surface area contributed by atoms with Gasteiger partial charge in [0.2, 0.25) is 5.91 Å². The van der Waals surface area contributed by atoms with Gasteiger partial charge >= 0.3 is 0 Å². The van der Waals surface area contributed by atoms with Gasteiger partial charge in [-0.3, -0.25) is 4.79 Å². The molecule has 5 heteroatoms. The van der Waals surface area contributed by atoms with Crippen LogP contribution in [0.15, 0.2) is 0 Å². The van der Waals surface area contributed by atoms with Gasteiger partial charge < -0.3 is 5.32 Å². The normalized spacial score (nSPS) is 39.2. The second-order valence-electron chi connectivity index (χ2n) is 7.75. The minimum absolute atomic E-state index is 0.0339. The first-order valence-corrected chi connectivity index (χ1v) is 10.1. The number of rotatable bonds is 5. The maximum Gasteiger partial charge on any atom is 0.235 e. The van der Waals surface area contributed by atoms with Crippen LogP contribution in [0.25, 0.3) is 0 Å². The van der Waals surface area contributed by atoms with E-state index in [1.807, 2.05) is 0 Å². The van der Waals surface area contributed by atoms with Crippen molar-refractivity contribution in [1.82, 2.24) is 5.32 Å². The molecule has 0 aliphatic heterocycles. The molecule has 1 unspecified atom stereocenters. The van der Waals surface area contributed by atoms with Crippen LogP contribution in [0.4, 0.5) is 0 Å².